The van der Waals surface area contributed by atoms with Gasteiger partial charge in [0.2, 0.25) is 0 Å². The van der Waals surface area contributed by atoms with Gasteiger partial charge in [0.05, 0.1) is 23.1 Å². The van der Waals surface area contributed by atoms with Gasteiger partial charge in [0.25, 0.3) is 5.91 Å². The number of sulfone groups is 1. The maximum absolute atomic E-state index is 13.0. The van der Waals surface area contributed by atoms with Crippen molar-refractivity contribution in [1.29, 1.82) is 0 Å². The second kappa shape index (κ2) is 11.5. The second-order valence-corrected chi connectivity index (χ2v) is 12.0. The molecule has 0 aliphatic heterocycles. The average Bonchev–Trinajstić information content (AvgIpc) is 3.17. The van der Waals surface area contributed by atoms with Crippen LogP contribution in [0.3, 0.4) is 0 Å². The Morgan fingerprint density at radius 3 is 2.46 bits per heavy atom. The van der Waals surface area contributed by atoms with Crippen LogP contribution in [-0.2, 0) is 16.4 Å². The minimum absolute atomic E-state index is 0.0262. The molecule has 1 saturated carbocycles. The Bertz CT molecular complexity index is 1230. The van der Waals surface area contributed by atoms with Gasteiger partial charge in [-0.25, -0.2) is 8.42 Å². The number of carbonyl (C=O) groups excluding carboxylic acids is 1. The molecule has 1 aromatic carbocycles. The standard InChI is InChI=1S/C24H32ClF3N4O4S/c1-5-32-22(18-11-8-16(12-19(18)36-3)30-14(2)24(26,27)28)20(25)21(31-32)23(33)29-13-15-6-9-17(10-7-15)37(4,34)35/h8,11-12,14-15,17,30H,5-7,9-10,13H2,1-4H3,(H,29,33). The third-order valence-electron chi connectivity index (χ3n) is 6.69. The Balaban J connectivity index is 1.78. The summed E-state index contributed by atoms with van der Waals surface area (Å²) in [6.45, 7) is 3.60. The summed E-state index contributed by atoms with van der Waals surface area (Å²) in [6.07, 6.45) is -0.616. The van der Waals surface area contributed by atoms with Gasteiger partial charge < -0.3 is 15.4 Å². The maximum Gasteiger partial charge on any atom is 0.408 e. The Kier molecular flexibility index (Phi) is 9.05. The van der Waals surface area contributed by atoms with E-state index >= 15 is 0 Å². The number of nitrogens with zero attached hydrogens (tertiary/aromatic N) is 2. The topological polar surface area (TPSA) is 102 Å². The number of halogens is 4. The van der Waals surface area contributed by atoms with Crippen molar-refractivity contribution >= 4 is 33.0 Å². The van der Waals surface area contributed by atoms with Crippen LogP contribution in [0.4, 0.5) is 18.9 Å². The van der Waals surface area contributed by atoms with Crippen LogP contribution in [0.2, 0.25) is 5.02 Å². The van der Waals surface area contributed by atoms with E-state index in [2.05, 4.69) is 15.7 Å². The molecule has 1 fully saturated rings. The first-order chi connectivity index (χ1) is 17.3. The number of hydrogen-bond acceptors (Lipinski definition) is 6. The zero-order valence-corrected chi connectivity index (χ0v) is 22.7. The number of alkyl halides is 3. The summed E-state index contributed by atoms with van der Waals surface area (Å²) < 4.78 is 69.3. The molecule has 1 aliphatic rings. The first-order valence-electron chi connectivity index (χ1n) is 12.0. The summed E-state index contributed by atoms with van der Waals surface area (Å²) in [4.78, 5) is 13.0. The molecule has 8 nitrogen and oxygen atoms in total. The molecule has 206 valence electrons. The molecule has 1 aliphatic carbocycles. The molecule has 0 bridgehead atoms. The monoisotopic (exact) mass is 564 g/mol. The van der Waals surface area contributed by atoms with Crippen LogP contribution in [0.5, 0.6) is 5.75 Å². The largest absolute Gasteiger partial charge is 0.496 e. The van der Waals surface area contributed by atoms with E-state index in [1.165, 1.54) is 30.2 Å². The normalized spacial score (nSPS) is 19.4. The lowest BCUT2D eigenvalue weighted by Gasteiger charge is -2.27. The number of ether oxygens (including phenoxy) is 1. The van der Waals surface area contributed by atoms with E-state index in [1.807, 2.05) is 6.92 Å². The van der Waals surface area contributed by atoms with Crippen LogP contribution in [0.15, 0.2) is 18.2 Å². The molecule has 0 saturated heterocycles. The van der Waals surface area contributed by atoms with Gasteiger partial charge in [-0.2, -0.15) is 18.3 Å². The Morgan fingerprint density at radius 1 is 1.27 bits per heavy atom. The molecule has 2 aromatic rings. The summed E-state index contributed by atoms with van der Waals surface area (Å²) in [6, 6.07) is 2.73. The first kappa shape index (κ1) is 29.1. The van der Waals surface area contributed by atoms with Crippen LogP contribution >= 0.6 is 11.6 Å². The number of hydrogen-bond donors (Lipinski definition) is 2. The lowest BCUT2D eigenvalue weighted by atomic mass is 9.89. The van der Waals surface area contributed by atoms with Gasteiger partial charge in [-0.05, 0) is 57.6 Å². The number of anilines is 1. The van der Waals surface area contributed by atoms with Gasteiger partial charge in [-0.15, -0.1) is 0 Å². The Hall–Kier alpha value is -2.47. The number of amides is 1. The van der Waals surface area contributed by atoms with Crippen molar-refractivity contribution in [2.24, 2.45) is 5.92 Å². The highest BCUT2D eigenvalue weighted by Crippen LogP contribution is 2.39. The highest BCUT2D eigenvalue weighted by atomic mass is 35.5. The molecule has 2 N–H and O–H groups in total. The molecule has 1 unspecified atom stereocenters. The van der Waals surface area contributed by atoms with Gasteiger partial charge in [-0.1, -0.05) is 11.6 Å². The quantitative estimate of drug-likeness (QED) is 0.448. The molecule has 1 atom stereocenters. The van der Waals surface area contributed by atoms with Gasteiger partial charge in [0, 0.05) is 36.7 Å². The van der Waals surface area contributed by atoms with E-state index in [4.69, 9.17) is 16.3 Å². The third-order valence-corrected chi connectivity index (χ3v) is 8.73. The summed E-state index contributed by atoms with van der Waals surface area (Å²) in [5.41, 5.74) is 1.13. The van der Waals surface area contributed by atoms with Gasteiger partial charge in [-0.3, -0.25) is 9.48 Å². The zero-order valence-electron chi connectivity index (χ0n) is 21.2. The van der Waals surface area contributed by atoms with Crippen molar-refractivity contribution in [3.8, 4) is 17.0 Å². The number of nitrogens with one attached hydrogen (secondary N) is 2. The SMILES string of the molecule is CCn1nc(C(=O)NCC2CCC(S(C)(=O)=O)CC2)c(Cl)c1-c1ccc(NC(C)C(F)(F)F)cc1OC. The van der Waals surface area contributed by atoms with Crippen molar-refractivity contribution in [3.05, 3.63) is 28.9 Å². The van der Waals surface area contributed by atoms with Crippen molar-refractivity contribution < 1.29 is 31.1 Å². The van der Waals surface area contributed by atoms with E-state index in [-0.39, 0.29) is 33.3 Å². The fourth-order valence-electron chi connectivity index (χ4n) is 4.46. The smallest absolute Gasteiger partial charge is 0.408 e. The predicted molar refractivity (Wildman–Crippen MR) is 137 cm³/mol. The highest BCUT2D eigenvalue weighted by molar-refractivity contribution is 7.91. The molecule has 1 heterocycles. The number of methoxy groups -OCH3 is 1. The Labute approximate surface area is 219 Å². The average molecular weight is 565 g/mol. The summed E-state index contributed by atoms with van der Waals surface area (Å²) in [5.74, 6) is -0.0295. The summed E-state index contributed by atoms with van der Waals surface area (Å²) in [7, 11) is -1.67. The predicted octanol–water partition coefficient (Wildman–Crippen LogP) is 4.93. The van der Waals surface area contributed by atoms with Crippen LogP contribution < -0.4 is 15.4 Å². The van der Waals surface area contributed by atoms with E-state index in [0.717, 1.165) is 6.92 Å². The fraction of sp³-hybridized carbons (Fsp3) is 0.583. The van der Waals surface area contributed by atoms with E-state index in [1.54, 1.807) is 6.07 Å². The second-order valence-electron chi connectivity index (χ2n) is 9.33. The zero-order chi connectivity index (χ0) is 27.5. The maximum atomic E-state index is 13.0. The molecule has 0 radical (unpaired) electrons. The van der Waals surface area contributed by atoms with Crippen LogP contribution in [0.1, 0.15) is 50.0 Å². The lowest BCUT2D eigenvalue weighted by molar-refractivity contribution is -0.138. The number of carbonyl (C=O) groups is 1. The van der Waals surface area contributed by atoms with Crippen LogP contribution in [0, 0.1) is 5.92 Å². The molecule has 1 aromatic heterocycles. The van der Waals surface area contributed by atoms with Crippen LogP contribution in [0.25, 0.3) is 11.3 Å². The molecular weight excluding hydrogens is 533 g/mol. The van der Waals surface area contributed by atoms with Crippen molar-refractivity contribution in [2.45, 2.75) is 63.5 Å². The van der Waals surface area contributed by atoms with Gasteiger partial charge in [0.15, 0.2) is 5.69 Å². The van der Waals surface area contributed by atoms with E-state index < -0.39 is 28.0 Å². The molecule has 0 spiro atoms. The fourth-order valence-corrected chi connectivity index (χ4v) is 5.92. The summed E-state index contributed by atoms with van der Waals surface area (Å²) >= 11 is 6.61. The van der Waals surface area contributed by atoms with Gasteiger partial charge in [0.1, 0.15) is 21.6 Å². The van der Waals surface area contributed by atoms with Crippen LogP contribution in [-0.4, -0.2) is 61.5 Å². The van der Waals surface area contributed by atoms with Crippen molar-refractivity contribution in [1.82, 2.24) is 15.1 Å². The summed E-state index contributed by atoms with van der Waals surface area (Å²) in [5, 5.41) is 9.39. The van der Waals surface area contributed by atoms with Crippen molar-refractivity contribution in [3.63, 3.8) is 0 Å². The van der Waals surface area contributed by atoms with E-state index in [0.29, 0.717) is 50.0 Å². The lowest BCUT2D eigenvalue weighted by Crippen LogP contribution is -2.34. The molecule has 1 amide bonds. The molecule has 13 heteroatoms. The number of aryl methyl sites for hydroxylation is 1. The number of rotatable bonds is 9. The number of aromatic nitrogens is 2. The first-order valence-corrected chi connectivity index (χ1v) is 14.3. The highest BCUT2D eigenvalue weighted by Gasteiger charge is 2.36. The Morgan fingerprint density at radius 2 is 1.92 bits per heavy atom. The molecule has 37 heavy (non-hydrogen) atoms. The molecule has 3 rings (SSSR count). The van der Waals surface area contributed by atoms with Crippen molar-refractivity contribution in [2.75, 3.05) is 25.2 Å². The van der Waals surface area contributed by atoms with E-state index in [9.17, 15) is 26.4 Å². The number of benzene rings is 1. The van der Waals surface area contributed by atoms with Gasteiger partial charge >= 0.3 is 6.18 Å². The third kappa shape index (κ3) is 6.90. The molecular formula is C24H32ClF3N4O4S. The minimum atomic E-state index is -4.41. The minimum Gasteiger partial charge on any atom is -0.496 e.